The van der Waals surface area contributed by atoms with Crippen LogP contribution in [-0.2, 0) is 9.59 Å². The van der Waals surface area contributed by atoms with E-state index in [9.17, 15) is 9.59 Å². The van der Waals surface area contributed by atoms with Gasteiger partial charge in [0.2, 0.25) is 0 Å². The van der Waals surface area contributed by atoms with Crippen LogP contribution in [0.3, 0.4) is 0 Å². The average Bonchev–Trinajstić information content (AvgIpc) is 3.33. The van der Waals surface area contributed by atoms with Crippen molar-refractivity contribution >= 4 is 46.2 Å². The van der Waals surface area contributed by atoms with Gasteiger partial charge in [-0.3, -0.25) is 14.5 Å². The highest BCUT2D eigenvalue weighted by molar-refractivity contribution is 8.26. The standard InChI is InChI=1S/C21H24N2O4S2/c1-3-9-23-20(25)18(29-21(23)28)13-15-7-8-16(17(12-15)26-4-2)27-14-19(24)22-10-5-6-11-22/h3,7-8,12-13H,1,4-6,9-11,14H2,2H3/b18-13+. The highest BCUT2D eigenvalue weighted by Crippen LogP contribution is 2.34. The molecule has 154 valence electrons. The molecule has 1 aromatic rings. The Morgan fingerprint density at radius 3 is 2.72 bits per heavy atom. The highest BCUT2D eigenvalue weighted by Gasteiger charge is 2.31. The fourth-order valence-electron chi connectivity index (χ4n) is 3.14. The first-order chi connectivity index (χ1) is 14.0. The first-order valence-electron chi connectivity index (χ1n) is 9.57. The van der Waals surface area contributed by atoms with Crippen LogP contribution < -0.4 is 9.47 Å². The minimum atomic E-state index is -0.130. The van der Waals surface area contributed by atoms with Gasteiger partial charge in [-0.25, -0.2) is 0 Å². The molecule has 3 rings (SSSR count). The smallest absolute Gasteiger partial charge is 0.266 e. The molecular weight excluding hydrogens is 408 g/mol. The normalized spacial score (nSPS) is 17.9. The number of carbonyl (C=O) groups excluding carboxylic acids is 2. The Morgan fingerprint density at radius 1 is 1.28 bits per heavy atom. The zero-order valence-electron chi connectivity index (χ0n) is 16.4. The molecule has 2 heterocycles. The van der Waals surface area contributed by atoms with Crippen LogP contribution in [-0.4, -0.2) is 58.8 Å². The number of carbonyl (C=O) groups is 2. The largest absolute Gasteiger partial charge is 0.490 e. The molecule has 0 bridgehead atoms. The second-order valence-corrected chi connectivity index (χ2v) is 8.27. The van der Waals surface area contributed by atoms with Gasteiger partial charge in [0, 0.05) is 19.6 Å². The lowest BCUT2D eigenvalue weighted by Gasteiger charge is -2.17. The summed E-state index contributed by atoms with van der Waals surface area (Å²) < 4.78 is 11.9. The molecule has 0 unspecified atom stereocenters. The van der Waals surface area contributed by atoms with Crippen molar-refractivity contribution in [2.24, 2.45) is 0 Å². The molecule has 0 saturated carbocycles. The second kappa shape index (κ2) is 9.93. The summed E-state index contributed by atoms with van der Waals surface area (Å²) in [6.07, 6.45) is 5.52. The van der Waals surface area contributed by atoms with Crippen LogP contribution in [0, 0.1) is 0 Å². The van der Waals surface area contributed by atoms with Gasteiger partial charge in [-0.2, -0.15) is 0 Å². The topological polar surface area (TPSA) is 59.1 Å². The predicted molar refractivity (Wildman–Crippen MR) is 119 cm³/mol. The zero-order valence-corrected chi connectivity index (χ0v) is 18.0. The van der Waals surface area contributed by atoms with Crippen molar-refractivity contribution in [3.8, 4) is 11.5 Å². The Morgan fingerprint density at radius 2 is 2.03 bits per heavy atom. The van der Waals surface area contributed by atoms with Gasteiger partial charge in [0.25, 0.3) is 11.8 Å². The van der Waals surface area contributed by atoms with E-state index < -0.39 is 0 Å². The molecule has 2 fully saturated rings. The summed E-state index contributed by atoms with van der Waals surface area (Å²) in [5.41, 5.74) is 0.797. The van der Waals surface area contributed by atoms with Crippen LogP contribution in [0.5, 0.6) is 11.5 Å². The summed E-state index contributed by atoms with van der Waals surface area (Å²) in [7, 11) is 0. The predicted octanol–water partition coefficient (Wildman–Crippen LogP) is 3.47. The van der Waals surface area contributed by atoms with Crippen LogP contribution in [0.25, 0.3) is 6.08 Å². The second-order valence-electron chi connectivity index (χ2n) is 6.60. The zero-order chi connectivity index (χ0) is 20.8. The maximum Gasteiger partial charge on any atom is 0.266 e. The fraction of sp³-hybridized carbons (Fsp3) is 0.381. The third-order valence-corrected chi connectivity index (χ3v) is 5.94. The molecule has 6 nitrogen and oxygen atoms in total. The van der Waals surface area contributed by atoms with Crippen LogP contribution in [0.2, 0.25) is 0 Å². The number of hydrogen-bond donors (Lipinski definition) is 0. The molecule has 2 saturated heterocycles. The van der Waals surface area contributed by atoms with E-state index in [0.717, 1.165) is 31.5 Å². The molecule has 0 aliphatic carbocycles. The Hall–Kier alpha value is -2.32. The van der Waals surface area contributed by atoms with Crippen molar-refractivity contribution < 1.29 is 19.1 Å². The first kappa shape index (κ1) is 21.4. The van der Waals surface area contributed by atoms with Gasteiger partial charge >= 0.3 is 0 Å². The Balaban J connectivity index is 1.73. The molecule has 29 heavy (non-hydrogen) atoms. The Kier molecular flexibility index (Phi) is 7.33. The molecule has 1 aromatic carbocycles. The lowest BCUT2D eigenvalue weighted by atomic mass is 10.2. The lowest BCUT2D eigenvalue weighted by molar-refractivity contribution is -0.132. The molecule has 2 aliphatic heterocycles. The number of hydrogen-bond acceptors (Lipinski definition) is 6. The number of likely N-dealkylation sites (tertiary alicyclic amines) is 1. The Labute approximate surface area is 180 Å². The average molecular weight is 433 g/mol. The molecule has 2 amide bonds. The third-order valence-electron chi connectivity index (χ3n) is 4.56. The summed E-state index contributed by atoms with van der Waals surface area (Å²) in [5, 5.41) is 0. The SMILES string of the molecule is C=CCN1C(=O)/C(=C\c2ccc(OCC(=O)N3CCCC3)c(OCC)c2)SC1=S. The number of ether oxygens (including phenoxy) is 2. The van der Waals surface area contributed by atoms with E-state index in [2.05, 4.69) is 6.58 Å². The number of thiocarbonyl (C=S) groups is 1. The van der Waals surface area contributed by atoms with Gasteiger partial charge in [-0.1, -0.05) is 36.1 Å². The van der Waals surface area contributed by atoms with Crippen molar-refractivity contribution in [2.45, 2.75) is 19.8 Å². The van der Waals surface area contributed by atoms with Crippen molar-refractivity contribution in [3.63, 3.8) is 0 Å². The summed E-state index contributed by atoms with van der Waals surface area (Å²) in [4.78, 5) is 28.6. The number of rotatable bonds is 8. The van der Waals surface area contributed by atoms with Crippen LogP contribution in [0.1, 0.15) is 25.3 Å². The van der Waals surface area contributed by atoms with E-state index in [4.69, 9.17) is 21.7 Å². The molecule has 2 aliphatic rings. The Bertz CT molecular complexity index is 847. The van der Waals surface area contributed by atoms with E-state index in [0.29, 0.717) is 33.9 Å². The minimum Gasteiger partial charge on any atom is -0.490 e. The van der Waals surface area contributed by atoms with Crippen LogP contribution in [0.15, 0.2) is 35.8 Å². The van der Waals surface area contributed by atoms with E-state index in [1.807, 2.05) is 17.9 Å². The maximum atomic E-state index is 12.5. The van der Waals surface area contributed by atoms with Gasteiger partial charge in [0.05, 0.1) is 11.5 Å². The number of thioether (sulfide) groups is 1. The summed E-state index contributed by atoms with van der Waals surface area (Å²) in [5.74, 6) is 0.905. The fourth-order valence-corrected chi connectivity index (χ4v) is 4.41. The van der Waals surface area contributed by atoms with Crippen molar-refractivity contribution in [2.75, 3.05) is 32.8 Å². The maximum absolute atomic E-state index is 12.5. The minimum absolute atomic E-state index is 0.0140. The monoisotopic (exact) mass is 432 g/mol. The number of benzene rings is 1. The summed E-state index contributed by atoms with van der Waals surface area (Å²) >= 11 is 6.53. The van der Waals surface area contributed by atoms with E-state index in [1.54, 1.807) is 24.3 Å². The van der Waals surface area contributed by atoms with Crippen molar-refractivity contribution in [3.05, 3.63) is 41.3 Å². The van der Waals surface area contributed by atoms with Gasteiger partial charge in [0.15, 0.2) is 18.1 Å². The number of nitrogens with zero attached hydrogens (tertiary/aromatic N) is 2. The molecular formula is C21H24N2O4S2. The van der Waals surface area contributed by atoms with E-state index in [-0.39, 0.29) is 18.4 Å². The summed E-state index contributed by atoms with van der Waals surface area (Å²) in [6.45, 7) is 7.97. The molecule has 0 N–H and O–H groups in total. The van der Waals surface area contributed by atoms with Crippen LogP contribution >= 0.6 is 24.0 Å². The van der Waals surface area contributed by atoms with Gasteiger partial charge in [-0.15, -0.1) is 6.58 Å². The molecule has 0 aromatic heterocycles. The molecule has 8 heteroatoms. The molecule has 0 spiro atoms. The van der Waals surface area contributed by atoms with E-state index in [1.165, 1.54) is 16.7 Å². The number of amides is 2. The van der Waals surface area contributed by atoms with Crippen molar-refractivity contribution in [1.82, 2.24) is 9.80 Å². The molecule has 0 radical (unpaired) electrons. The summed E-state index contributed by atoms with van der Waals surface area (Å²) in [6, 6.07) is 5.40. The third kappa shape index (κ3) is 5.19. The molecule has 0 atom stereocenters. The van der Waals surface area contributed by atoms with Gasteiger partial charge < -0.3 is 14.4 Å². The highest BCUT2D eigenvalue weighted by atomic mass is 32.2. The lowest BCUT2D eigenvalue weighted by Crippen LogP contribution is -2.32. The van der Waals surface area contributed by atoms with E-state index >= 15 is 0 Å². The van der Waals surface area contributed by atoms with Crippen molar-refractivity contribution in [1.29, 1.82) is 0 Å². The van der Waals surface area contributed by atoms with Gasteiger partial charge in [0.1, 0.15) is 4.32 Å². The van der Waals surface area contributed by atoms with Gasteiger partial charge in [-0.05, 0) is 43.5 Å². The first-order valence-corrected chi connectivity index (χ1v) is 10.8. The van der Waals surface area contributed by atoms with Crippen LogP contribution in [0.4, 0.5) is 0 Å². The quantitative estimate of drug-likeness (QED) is 0.356.